The molecule has 3 N–H and O–H groups in total. The van der Waals surface area contributed by atoms with E-state index in [0.717, 1.165) is 5.69 Å². The van der Waals surface area contributed by atoms with Crippen molar-refractivity contribution in [1.82, 2.24) is 0 Å². The van der Waals surface area contributed by atoms with Gasteiger partial charge in [-0.15, -0.1) is 0 Å². The number of halogens is 1. The highest BCUT2D eigenvalue weighted by molar-refractivity contribution is 6.33. The zero-order valence-electron chi connectivity index (χ0n) is 9.09. The molecule has 0 aliphatic carbocycles. The number of hydrogen-bond donors (Lipinski definition) is 3. The van der Waals surface area contributed by atoms with Gasteiger partial charge in [0.1, 0.15) is 0 Å². The molecular weight excluding hydrogens is 228 g/mol. The van der Waals surface area contributed by atoms with Crippen LogP contribution in [0.3, 0.4) is 0 Å². The van der Waals surface area contributed by atoms with Crippen molar-refractivity contribution in [2.45, 2.75) is 13.3 Å². The predicted molar refractivity (Wildman–Crippen MR) is 65.9 cm³/mol. The fourth-order valence-corrected chi connectivity index (χ4v) is 1.49. The number of amides is 1. The summed E-state index contributed by atoms with van der Waals surface area (Å²) < 4.78 is 0. The molecule has 0 aliphatic heterocycles. The van der Waals surface area contributed by atoms with Crippen molar-refractivity contribution in [3.63, 3.8) is 0 Å². The number of anilines is 2. The second-order valence-corrected chi connectivity index (χ2v) is 3.79. The molecule has 0 unspecified atom stereocenters. The maximum absolute atomic E-state index is 10.8. The molecule has 0 bridgehead atoms. The molecular formula is C11H15ClN2O2. The van der Waals surface area contributed by atoms with Crippen LogP contribution in [-0.4, -0.2) is 24.2 Å². The second kappa shape index (κ2) is 6.35. The van der Waals surface area contributed by atoms with Gasteiger partial charge in [-0.25, -0.2) is 0 Å². The summed E-state index contributed by atoms with van der Waals surface area (Å²) in [6.07, 6.45) is 0.670. The molecule has 88 valence electrons. The molecule has 16 heavy (non-hydrogen) atoms. The van der Waals surface area contributed by atoms with Gasteiger partial charge in [0.05, 0.1) is 10.7 Å². The highest BCUT2D eigenvalue weighted by Gasteiger charge is 2.02. The molecule has 5 heteroatoms. The van der Waals surface area contributed by atoms with Crippen LogP contribution < -0.4 is 10.6 Å². The molecule has 1 aromatic carbocycles. The number of aliphatic hydroxyl groups excluding tert-OH is 1. The molecule has 0 aliphatic rings. The van der Waals surface area contributed by atoms with E-state index in [9.17, 15) is 4.79 Å². The first-order valence-electron chi connectivity index (χ1n) is 5.05. The molecule has 0 saturated carbocycles. The third-order valence-corrected chi connectivity index (χ3v) is 2.25. The molecule has 0 aromatic heterocycles. The Balaban J connectivity index is 2.64. The highest BCUT2D eigenvalue weighted by Crippen LogP contribution is 2.25. The summed E-state index contributed by atoms with van der Waals surface area (Å²) in [5.41, 5.74) is 1.47. The summed E-state index contributed by atoms with van der Waals surface area (Å²) in [4.78, 5) is 10.8. The Morgan fingerprint density at radius 2 is 2.25 bits per heavy atom. The molecule has 0 fully saturated rings. The van der Waals surface area contributed by atoms with Crippen LogP contribution in [0.25, 0.3) is 0 Å². The van der Waals surface area contributed by atoms with Crippen LogP contribution >= 0.6 is 11.6 Å². The first-order chi connectivity index (χ1) is 7.63. The van der Waals surface area contributed by atoms with Crippen LogP contribution in [0, 0.1) is 0 Å². The summed E-state index contributed by atoms with van der Waals surface area (Å²) in [7, 11) is 0. The van der Waals surface area contributed by atoms with Gasteiger partial charge in [-0.2, -0.15) is 0 Å². The maximum Gasteiger partial charge on any atom is 0.221 e. The fourth-order valence-electron chi connectivity index (χ4n) is 1.24. The summed E-state index contributed by atoms with van der Waals surface area (Å²) >= 11 is 6.02. The Morgan fingerprint density at radius 1 is 1.50 bits per heavy atom. The summed E-state index contributed by atoms with van der Waals surface area (Å²) in [5, 5.41) is 14.9. The van der Waals surface area contributed by atoms with E-state index in [-0.39, 0.29) is 12.5 Å². The van der Waals surface area contributed by atoms with Gasteiger partial charge in [0, 0.05) is 25.8 Å². The van der Waals surface area contributed by atoms with Crippen molar-refractivity contribution < 1.29 is 9.90 Å². The van der Waals surface area contributed by atoms with Crippen LogP contribution in [0.5, 0.6) is 0 Å². The zero-order chi connectivity index (χ0) is 12.0. The lowest BCUT2D eigenvalue weighted by molar-refractivity contribution is -0.114. The first kappa shape index (κ1) is 12.8. The number of carbonyl (C=O) groups is 1. The van der Waals surface area contributed by atoms with E-state index in [1.165, 1.54) is 6.92 Å². The molecule has 0 saturated heterocycles. The van der Waals surface area contributed by atoms with Gasteiger partial charge in [-0.05, 0) is 24.6 Å². The molecule has 0 atom stereocenters. The number of carbonyl (C=O) groups excluding carboxylic acids is 1. The molecule has 1 amide bonds. The minimum absolute atomic E-state index is 0.128. The van der Waals surface area contributed by atoms with Gasteiger partial charge in [0.25, 0.3) is 0 Å². The maximum atomic E-state index is 10.8. The lowest BCUT2D eigenvalue weighted by Crippen LogP contribution is -2.07. The Morgan fingerprint density at radius 3 is 2.81 bits per heavy atom. The standard InChI is InChI=1S/C11H15ClN2O2/c1-8(16)14-9-3-4-11(10(12)7-9)13-5-2-6-15/h3-4,7,13,15H,2,5-6H2,1H3,(H,14,16). The van der Waals surface area contributed by atoms with Gasteiger partial charge in [0.2, 0.25) is 5.91 Å². The topological polar surface area (TPSA) is 61.4 Å². The number of rotatable bonds is 5. The Bertz CT molecular complexity index is 369. The molecule has 0 heterocycles. The number of benzene rings is 1. The lowest BCUT2D eigenvalue weighted by Gasteiger charge is -2.09. The summed E-state index contributed by atoms with van der Waals surface area (Å²) in [6.45, 7) is 2.26. The predicted octanol–water partition coefficient (Wildman–Crippen LogP) is 2.09. The van der Waals surface area contributed by atoms with E-state index in [2.05, 4.69) is 10.6 Å². The monoisotopic (exact) mass is 242 g/mol. The van der Waals surface area contributed by atoms with E-state index in [1.807, 2.05) is 0 Å². The third kappa shape index (κ3) is 4.08. The van der Waals surface area contributed by atoms with Crippen molar-refractivity contribution in [1.29, 1.82) is 0 Å². The Labute approximate surface area is 99.6 Å². The van der Waals surface area contributed by atoms with Crippen LogP contribution in [0.4, 0.5) is 11.4 Å². The van der Waals surface area contributed by atoms with Crippen molar-refractivity contribution in [3.8, 4) is 0 Å². The minimum atomic E-state index is -0.128. The highest BCUT2D eigenvalue weighted by atomic mass is 35.5. The molecule has 0 radical (unpaired) electrons. The largest absolute Gasteiger partial charge is 0.396 e. The third-order valence-electron chi connectivity index (χ3n) is 1.94. The average molecular weight is 243 g/mol. The van der Waals surface area contributed by atoms with Crippen LogP contribution in [0.2, 0.25) is 5.02 Å². The number of nitrogens with one attached hydrogen (secondary N) is 2. The van der Waals surface area contributed by atoms with Crippen LogP contribution in [0.15, 0.2) is 18.2 Å². The van der Waals surface area contributed by atoms with E-state index in [0.29, 0.717) is 23.7 Å². The number of hydrogen-bond acceptors (Lipinski definition) is 3. The SMILES string of the molecule is CC(=O)Nc1ccc(NCCCO)c(Cl)c1. The van der Waals surface area contributed by atoms with Crippen molar-refractivity contribution in [3.05, 3.63) is 23.2 Å². The zero-order valence-corrected chi connectivity index (χ0v) is 9.84. The first-order valence-corrected chi connectivity index (χ1v) is 5.43. The van der Waals surface area contributed by atoms with Crippen LogP contribution in [0.1, 0.15) is 13.3 Å². The summed E-state index contributed by atoms with van der Waals surface area (Å²) in [5.74, 6) is -0.128. The molecule has 0 spiro atoms. The molecule has 1 aromatic rings. The minimum Gasteiger partial charge on any atom is -0.396 e. The quantitative estimate of drug-likeness (QED) is 0.693. The van der Waals surface area contributed by atoms with E-state index >= 15 is 0 Å². The van der Waals surface area contributed by atoms with Gasteiger partial charge in [-0.3, -0.25) is 4.79 Å². The van der Waals surface area contributed by atoms with Gasteiger partial charge < -0.3 is 15.7 Å². The smallest absolute Gasteiger partial charge is 0.221 e. The Hall–Kier alpha value is -1.26. The normalized spacial score (nSPS) is 9.94. The van der Waals surface area contributed by atoms with Crippen molar-refractivity contribution >= 4 is 28.9 Å². The van der Waals surface area contributed by atoms with E-state index in [1.54, 1.807) is 18.2 Å². The van der Waals surface area contributed by atoms with E-state index in [4.69, 9.17) is 16.7 Å². The summed E-state index contributed by atoms with van der Waals surface area (Å²) in [6, 6.07) is 5.25. The van der Waals surface area contributed by atoms with Crippen molar-refractivity contribution in [2.75, 3.05) is 23.8 Å². The fraction of sp³-hybridized carbons (Fsp3) is 0.364. The Kier molecular flexibility index (Phi) is 5.08. The van der Waals surface area contributed by atoms with Gasteiger partial charge in [0.15, 0.2) is 0 Å². The van der Waals surface area contributed by atoms with Gasteiger partial charge >= 0.3 is 0 Å². The molecule has 4 nitrogen and oxygen atoms in total. The average Bonchev–Trinajstić information content (AvgIpc) is 2.20. The second-order valence-electron chi connectivity index (χ2n) is 3.38. The molecule has 1 rings (SSSR count). The van der Waals surface area contributed by atoms with Crippen molar-refractivity contribution in [2.24, 2.45) is 0 Å². The van der Waals surface area contributed by atoms with Crippen LogP contribution in [-0.2, 0) is 4.79 Å². The number of aliphatic hydroxyl groups is 1. The van der Waals surface area contributed by atoms with Gasteiger partial charge in [-0.1, -0.05) is 11.6 Å². The van der Waals surface area contributed by atoms with E-state index < -0.39 is 0 Å². The lowest BCUT2D eigenvalue weighted by atomic mass is 10.2.